The van der Waals surface area contributed by atoms with Crippen molar-refractivity contribution in [3.63, 3.8) is 0 Å². The molecule has 0 atom stereocenters. The third kappa shape index (κ3) is 7.51. The van der Waals surface area contributed by atoms with Crippen LogP contribution in [0, 0.1) is 23.5 Å². The van der Waals surface area contributed by atoms with Gasteiger partial charge in [-0.05, 0) is 55.2 Å². The fraction of sp³-hybridized carbons (Fsp3) is 0.619. The molecule has 0 saturated heterocycles. The first kappa shape index (κ1) is 21.7. The zero-order valence-electron chi connectivity index (χ0n) is 15.5. The topological polar surface area (TPSA) is 9.23 Å². The van der Waals surface area contributed by atoms with Gasteiger partial charge in [0.25, 0.3) is 0 Å². The lowest BCUT2D eigenvalue weighted by atomic mass is 9.78. The average molecular weight is 390 g/mol. The van der Waals surface area contributed by atoms with Gasteiger partial charge in [-0.25, -0.2) is 8.78 Å². The van der Waals surface area contributed by atoms with E-state index in [-0.39, 0.29) is 0 Å². The summed E-state index contributed by atoms with van der Waals surface area (Å²) in [5.41, 5.74) is 0.367. The summed E-state index contributed by atoms with van der Waals surface area (Å²) in [6, 6.07) is 1.88. The highest BCUT2D eigenvalue weighted by Crippen LogP contribution is 2.35. The molecule has 1 fully saturated rings. The van der Waals surface area contributed by atoms with Crippen molar-refractivity contribution in [2.45, 2.75) is 70.6 Å². The van der Waals surface area contributed by atoms with E-state index in [1.165, 1.54) is 32.1 Å². The molecule has 27 heavy (non-hydrogen) atoms. The Morgan fingerprint density at radius 3 is 2.04 bits per heavy atom. The van der Waals surface area contributed by atoms with E-state index in [9.17, 15) is 22.0 Å². The Labute approximate surface area is 157 Å². The Hall–Kier alpha value is -1.59. The van der Waals surface area contributed by atoms with Crippen molar-refractivity contribution in [3.05, 3.63) is 42.0 Å². The molecule has 1 aliphatic rings. The van der Waals surface area contributed by atoms with Crippen molar-refractivity contribution >= 4 is 0 Å². The molecule has 2 rings (SSSR count). The SMILES string of the molecule is C=CCCCC[C@H]1CC[C@H](CCc2cc(F)c(OC(F)(F)F)c(F)c2)CC1. The molecule has 0 bridgehead atoms. The number of alkyl halides is 3. The number of unbranched alkanes of at least 4 members (excludes halogenated alkanes) is 2. The van der Waals surface area contributed by atoms with Crippen molar-refractivity contribution in [1.29, 1.82) is 0 Å². The first-order chi connectivity index (χ1) is 12.8. The van der Waals surface area contributed by atoms with Crippen LogP contribution < -0.4 is 4.74 Å². The summed E-state index contributed by atoms with van der Waals surface area (Å²) in [6.45, 7) is 3.73. The summed E-state index contributed by atoms with van der Waals surface area (Å²) in [4.78, 5) is 0. The zero-order valence-corrected chi connectivity index (χ0v) is 15.5. The van der Waals surface area contributed by atoms with E-state index in [4.69, 9.17) is 0 Å². The highest BCUT2D eigenvalue weighted by atomic mass is 19.4. The van der Waals surface area contributed by atoms with Crippen LogP contribution in [0.5, 0.6) is 5.75 Å². The third-order valence-electron chi connectivity index (χ3n) is 5.35. The molecule has 0 radical (unpaired) electrons. The lowest BCUT2D eigenvalue weighted by Crippen LogP contribution is -2.19. The standard InChI is InChI=1S/C21H27F5O/c1-2-3-4-5-6-15-7-9-16(10-8-15)11-12-17-13-18(22)20(19(23)14-17)27-21(24,25)26/h2,13-16H,1,3-12H2/t15-,16-. The van der Waals surface area contributed by atoms with Gasteiger partial charge in [0.15, 0.2) is 11.6 Å². The fourth-order valence-electron chi connectivity index (χ4n) is 3.87. The molecule has 0 heterocycles. The van der Waals surface area contributed by atoms with Crippen LogP contribution in [0.2, 0.25) is 0 Å². The van der Waals surface area contributed by atoms with E-state index in [2.05, 4.69) is 11.3 Å². The van der Waals surface area contributed by atoms with Gasteiger partial charge in [0.1, 0.15) is 0 Å². The second-order valence-corrected chi connectivity index (χ2v) is 7.43. The molecule has 1 nitrogen and oxygen atoms in total. The van der Waals surface area contributed by atoms with Gasteiger partial charge in [-0.1, -0.05) is 44.6 Å². The first-order valence-corrected chi connectivity index (χ1v) is 9.63. The lowest BCUT2D eigenvalue weighted by Gasteiger charge is -2.28. The van der Waals surface area contributed by atoms with E-state index < -0.39 is 23.7 Å². The highest BCUT2D eigenvalue weighted by Gasteiger charge is 2.34. The number of ether oxygens (including phenoxy) is 1. The first-order valence-electron chi connectivity index (χ1n) is 9.63. The van der Waals surface area contributed by atoms with Gasteiger partial charge < -0.3 is 4.74 Å². The largest absolute Gasteiger partial charge is 0.573 e. The minimum Gasteiger partial charge on any atom is -0.399 e. The zero-order chi connectivity index (χ0) is 19.9. The summed E-state index contributed by atoms with van der Waals surface area (Å²) in [7, 11) is 0. The number of allylic oxidation sites excluding steroid dienone is 1. The van der Waals surface area contributed by atoms with Crippen LogP contribution in [0.15, 0.2) is 24.8 Å². The Bertz CT molecular complexity index is 580. The van der Waals surface area contributed by atoms with Crippen LogP contribution in [-0.4, -0.2) is 6.36 Å². The normalized spacial score (nSPS) is 20.5. The minimum absolute atomic E-state index is 0.367. The van der Waals surface area contributed by atoms with Gasteiger partial charge in [0.2, 0.25) is 5.75 Å². The van der Waals surface area contributed by atoms with Gasteiger partial charge >= 0.3 is 6.36 Å². The molecule has 0 aromatic heterocycles. The van der Waals surface area contributed by atoms with Crippen molar-refractivity contribution in [1.82, 2.24) is 0 Å². The second-order valence-electron chi connectivity index (χ2n) is 7.43. The number of aryl methyl sites for hydroxylation is 1. The number of halogens is 5. The Morgan fingerprint density at radius 1 is 0.963 bits per heavy atom. The van der Waals surface area contributed by atoms with E-state index in [1.54, 1.807) is 0 Å². The summed E-state index contributed by atoms with van der Waals surface area (Å²) in [5, 5.41) is 0. The molecular weight excluding hydrogens is 363 g/mol. The molecule has 0 spiro atoms. The Kier molecular flexibility index (Phi) is 8.11. The van der Waals surface area contributed by atoms with E-state index in [1.807, 2.05) is 6.08 Å². The number of hydrogen-bond donors (Lipinski definition) is 0. The molecule has 152 valence electrons. The summed E-state index contributed by atoms with van der Waals surface area (Å²) in [6.07, 6.45) is 7.38. The van der Waals surface area contributed by atoms with Gasteiger partial charge in [-0.15, -0.1) is 19.8 Å². The van der Waals surface area contributed by atoms with Crippen LogP contribution in [0.4, 0.5) is 22.0 Å². The molecule has 1 aliphatic carbocycles. The van der Waals surface area contributed by atoms with Gasteiger partial charge in [0.05, 0.1) is 0 Å². The molecular formula is C21H27F5O. The maximum atomic E-state index is 13.8. The van der Waals surface area contributed by atoms with Crippen molar-refractivity contribution < 1.29 is 26.7 Å². The highest BCUT2D eigenvalue weighted by molar-refractivity contribution is 5.31. The van der Waals surface area contributed by atoms with Gasteiger partial charge in [-0.2, -0.15) is 0 Å². The molecule has 1 aromatic rings. The molecule has 0 N–H and O–H groups in total. The predicted octanol–water partition coefficient (Wildman–Crippen LogP) is 7.35. The summed E-state index contributed by atoms with van der Waals surface area (Å²) in [5.74, 6) is -2.74. The lowest BCUT2D eigenvalue weighted by molar-refractivity contribution is -0.276. The number of hydrogen-bond acceptors (Lipinski definition) is 1. The van der Waals surface area contributed by atoms with Crippen molar-refractivity contribution in [2.75, 3.05) is 0 Å². The second kappa shape index (κ2) is 10.1. The van der Waals surface area contributed by atoms with Crippen LogP contribution in [0.25, 0.3) is 0 Å². The van der Waals surface area contributed by atoms with Crippen molar-refractivity contribution in [2.24, 2.45) is 11.8 Å². The van der Waals surface area contributed by atoms with Crippen LogP contribution >= 0.6 is 0 Å². The molecule has 0 unspecified atom stereocenters. The molecule has 6 heteroatoms. The third-order valence-corrected chi connectivity index (χ3v) is 5.35. The summed E-state index contributed by atoms with van der Waals surface area (Å²) >= 11 is 0. The smallest absolute Gasteiger partial charge is 0.399 e. The number of benzene rings is 1. The Balaban J connectivity index is 1.78. The average Bonchev–Trinajstić information content (AvgIpc) is 2.60. The fourth-order valence-corrected chi connectivity index (χ4v) is 3.87. The maximum Gasteiger partial charge on any atom is 0.573 e. The summed E-state index contributed by atoms with van der Waals surface area (Å²) < 4.78 is 67.5. The van der Waals surface area contributed by atoms with Crippen LogP contribution in [-0.2, 0) is 6.42 Å². The Morgan fingerprint density at radius 2 is 1.52 bits per heavy atom. The van der Waals surface area contributed by atoms with Crippen LogP contribution in [0.1, 0.15) is 63.4 Å². The molecule has 1 saturated carbocycles. The molecule has 1 aromatic carbocycles. The van der Waals surface area contributed by atoms with Gasteiger partial charge in [-0.3, -0.25) is 0 Å². The van der Waals surface area contributed by atoms with Crippen LogP contribution in [0.3, 0.4) is 0 Å². The maximum absolute atomic E-state index is 13.8. The molecule has 0 amide bonds. The molecule has 0 aliphatic heterocycles. The van der Waals surface area contributed by atoms with E-state index in [0.29, 0.717) is 17.9 Å². The quantitative estimate of drug-likeness (QED) is 0.243. The number of rotatable bonds is 9. The van der Waals surface area contributed by atoms with Gasteiger partial charge in [0, 0.05) is 0 Å². The van der Waals surface area contributed by atoms with Crippen molar-refractivity contribution in [3.8, 4) is 5.75 Å². The minimum atomic E-state index is -5.12. The monoisotopic (exact) mass is 390 g/mol. The van der Waals surface area contributed by atoms with E-state index in [0.717, 1.165) is 43.7 Å². The van der Waals surface area contributed by atoms with E-state index >= 15 is 0 Å². The predicted molar refractivity (Wildman–Crippen MR) is 95.5 cm³/mol.